The number of hydrogen-bond acceptors (Lipinski definition) is 5. The molecule has 0 aromatic heterocycles. The summed E-state index contributed by atoms with van der Waals surface area (Å²) < 4.78 is 10.5. The van der Waals surface area contributed by atoms with Crippen LogP contribution in [0.25, 0.3) is 0 Å². The van der Waals surface area contributed by atoms with Crippen LogP contribution in [-0.2, 0) is 0 Å². The maximum Gasteiger partial charge on any atom is 0.273 e. The van der Waals surface area contributed by atoms with E-state index in [1.165, 1.54) is 25.3 Å². The van der Waals surface area contributed by atoms with Crippen LogP contribution in [0.5, 0.6) is 11.5 Å². The van der Waals surface area contributed by atoms with Crippen molar-refractivity contribution in [2.45, 2.75) is 6.10 Å². The molecule has 2 aromatic carbocycles. The molecule has 6 nitrogen and oxygen atoms in total. The van der Waals surface area contributed by atoms with Crippen molar-refractivity contribution in [2.24, 2.45) is 0 Å². The summed E-state index contributed by atoms with van der Waals surface area (Å²) in [4.78, 5) is 10.2. The van der Waals surface area contributed by atoms with E-state index >= 15 is 0 Å². The quantitative estimate of drug-likeness (QED) is 0.651. The third kappa shape index (κ3) is 3.66. The zero-order valence-corrected chi connectivity index (χ0v) is 12.5. The third-order valence-corrected chi connectivity index (χ3v) is 3.36. The third-order valence-electron chi connectivity index (χ3n) is 3.02. The first kappa shape index (κ1) is 16.1. The van der Waals surface area contributed by atoms with E-state index in [4.69, 9.17) is 21.1 Å². The predicted molar refractivity (Wildman–Crippen MR) is 81.6 cm³/mol. The lowest BCUT2D eigenvalue weighted by molar-refractivity contribution is -0.384. The monoisotopic (exact) mass is 323 g/mol. The molecule has 2 aromatic rings. The summed E-state index contributed by atoms with van der Waals surface area (Å²) in [6.45, 7) is -0.0576. The number of halogens is 1. The summed E-state index contributed by atoms with van der Waals surface area (Å²) in [6, 6.07) is 10.9. The van der Waals surface area contributed by atoms with E-state index in [0.29, 0.717) is 16.3 Å². The van der Waals surface area contributed by atoms with Crippen molar-refractivity contribution < 1.29 is 19.5 Å². The molecule has 22 heavy (non-hydrogen) atoms. The molecule has 0 radical (unpaired) electrons. The lowest BCUT2D eigenvalue weighted by Crippen LogP contribution is -2.10. The summed E-state index contributed by atoms with van der Waals surface area (Å²) >= 11 is 6.00. The first-order valence-electron chi connectivity index (χ1n) is 6.40. The number of hydrogen-bond donors (Lipinski definition) is 1. The smallest absolute Gasteiger partial charge is 0.273 e. The highest BCUT2D eigenvalue weighted by atomic mass is 35.5. The molecule has 0 saturated carbocycles. The Balaban J connectivity index is 2.11. The number of aliphatic hydroxyl groups is 1. The van der Waals surface area contributed by atoms with Gasteiger partial charge in [-0.25, -0.2) is 0 Å². The minimum atomic E-state index is -0.923. The molecule has 0 fully saturated rings. The molecule has 7 heteroatoms. The van der Waals surface area contributed by atoms with Gasteiger partial charge in [0.15, 0.2) is 11.5 Å². The van der Waals surface area contributed by atoms with Gasteiger partial charge in [0.05, 0.1) is 18.1 Å². The molecular formula is C15H14ClNO5. The average Bonchev–Trinajstić information content (AvgIpc) is 2.52. The standard InChI is InChI=1S/C15H14ClNO5/c1-21-15-8-10(17(19)20)6-7-14(15)22-9-13(18)11-4-2-3-5-12(11)16/h2-8,13,18H,9H2,1H3. The molecule has 2 rings (SSSR count). The first-order valence-corrected chi connectivity index (χ1v) is 6.78. The summed E-state index contributed by atoms with van der Waals surface area (Å²) in [5.74, 6) is 0.528. The lowest BCUT2D eigenvalue weighted by Gasteiger charge is -2.15. The number of nitrogens with zero attached hydrogens (tertiary/aromatic N) is 1. The summed E-state index contributed by atoms with van der Waals surface area (Å²) in [6.07, 6.45) is -0.923. The number of nitro groups is 1. The number of aliphatic hydroxyl groups excluding tert-OH is 1. The molecule has 0 bridgehead atoms. The van der Waals surface area contributed by atoms with Crippen molar-refractivity contribution in [1.29, 1.82) is 0 Å². The number of methoxy groups -OCH3 is 1. The zero-order valence-electron chi connectivity index (χ0n) is 11.7. The molecule has 116 valence electrons. The van der Waals surface area contributed by atoms with E-state index in [9.17, 15) is 15.2 Å². The van der Waals surface area contributed by atoms with Crippen LogP contribution in [0.3, 0.4) is 0 Å². The second-order valence-electron chi connectivity index (χ2n) is 4.44. The molecule has 0 aliphatic carbocycles. The van der Waals surface area contributed by atoms with Crippen LogP contribution in [0, 0.1) is 10.1 Å². The molecule has 0 spiro atoms. The van der Waals surface area contributed by atoms with E-state index in [-0.39, 0.29) is 18.0 Å². The number of benzene rings is 2. The Labute approximate surface area is 132 Å². The average molecular weight is 324 g/mol. The van der Waals surface area contributed by atoms with Crippen LogP contribution < -0.4 is 9.47 Å². The van der Waals surface area contributed by atoms with E-state index in [1.54, 1.807) is 24.3 Å². The molecular weight excluding hydrogens is 310 g/mol. The van der Waals surface area contributed by atoms with E-state index in [0.717, 1.165) is 0 Å². The van der Waals surface area contributed by atoms with E-state index < -0.39 is 11.0 Å². The molecule has 1 unspecified atom stereocenters. The second-order valence-corrected chi connectivity index (χ2v) is 4.85. The minimum Gasteiger partial charge on any atom is -0.493 e. The van der Waals surface area contributed by atoms with Crippen molar-refractivity contribution in [3.05, 3.63) is 63.2 Å². The normalized spacial score (nSPS) is 11.8. The van der Waals surface area contributed by atoms with Crippen LogP contribution in [0.15, 0.2) is 42.5 Å². The Bertz CT molecular complexity index is 677. The molecule has 0 amide bonds. The minimum absolute atomic E-state index is 0.0576. The number of non-ortho nitro benzene ring substituents is 1. The molecule has 0 saturated heterocycles. The Morgan fingerprint density at radius 2 is 2.00 bits per heavy atom. The van der Waals surface area contributed by atoms with Crippen LogP contribution >= 0.6 is 11.6 Å². The first-order chi connectivity index (χ1) is 10.5. The van der Waals surface area contributed by atoms with Crippen LogP contribution in [0.2, 0.25) is 5.02 Å². The fraction of sp³-hybridized carbons (Fsp3) is 0.200. The molecule has 0 heterocycles. The van der Waals surface area contributed by atoms with Gasteiger partial charge in [0.1, 0.15) is 12.7 Å². The number of ether oxygens (including phenoxy) is 2. The topological polar surface area (TPSA) is 81.8 Å². The molecule has 0 aliphatic heterocycles. The number of rotatable bonds is 6. The maximum absolute atomic E-state index is 10.7. The molecule has 1 N–H and O–H groups in total. The summed E-state index contributed by atoms with van der Waals surface area (Å²) in [5.41, 5.74) is 0.445. The predicted octanol–water partition coefficient (Wildman–Crippen LogP) is 3.37. The van der Waals surface area contributed by atoms with Gasteiger partial charge in [0.2, 0.25) is 0 Å². The van der Waals surface area contributed by atoms with Gasteiger partial charge in [-0.05, 0) is 12.1 Å². The van der Waals surface area contributed by atoms with Gasteiger partial charge in [-0.2, -0.15) is 0 Å². The Kier molecular flexibility index (Phi) is 5.19. The van der Waals surface area contributed by atoms with Gasteiger partial charge in [0.25, 0.3) is 5.69 Å². The highest BCUT2D eigenvalue weighted by Gasteiger charge is 2.16. The van der Waals surface area contributed by atoms with Gasteiger partial charge in [-0.15, -0.1) is 0 Å². The fourth-order valence-corrected chi connectivity index (χ4v) is 2.15. The van der Waals surface area contributed by atoms with E-state index in [2.05, 4.69) is 0 Å². The lowest BCUT2D eigenvalue weighted by atomic mass is 10.1. The highest BCUT2D eigenvalue weighted by molar-refractivity contribution is 6.31. The maximum atomic E-state index is 10.7. The molecule has 0 aliphatic rings. The SMILES string of the molecule is COc1cc([N+](=O)[O-])ccc1OCC(O)c1ccccc1Cl. The van der Waals surface area contributed by atoms with Crippen molar-refractivity contribution in [2.75, 3.05) is 13.7 Å². The fourth-order valence-electron chi connectivity index (χ4n) is 1.89. The second kappa shape index (κ2) is 7.11. The van der Waals surface area contributed by atoms with Gasteiger partial charge in [0, 0.05) is 16.7 Å². The van der Waals surface area contributed by atoms with Crippen molar-refractivity contribution in [3.8, 4) is 11.5 Å². The highest BCUT2D eigenvalue weighted by Crippen LogP contribution is 2.32. The largest absolute Gasteiger partial charge is 0.493 e. The van der Waals surface area contributed by atoms with Crippen LogP contribution in [0.1, 0.15) is 11.7 Å². The van der Waals surface area contributed by atoms with Gasteiger partial charge < -0.3 is 14.6 Å². The zero-order chi connectivity index (χ0) is 16.1. The van der Waals surface area contributed by atoms with Crippen LogP contribution in [0.4, 0.5) is 5.69 Å². The Morgan fingerprint density at radius 3 is 2.64 bits per heavy atom. The Hall–Kier alpha value is -2.31. The molecule has 1 atom stereocenters. The summed E-state index contributed by atoms with van der Waals surface area (Å²) in [5, 5.41) is 21.3. The number of nitro benzene ring substituents is 1. The van der Waals surface area contributed by atoms with Gasteiger partial charge in [-0.1, -0.05) is 29.8 Å². The van der Waals surface area contributed by atoms with Crippen molar-refractivity contribution >= 4 is 17.3 Å². The van der Waals surface area contributed by atoms with E-state index in [1.807, 2.05) is 0 Å². The summed E-state index contributed by atoms with van der Waals surface area (Å²) in [7, 11) is 1.39. The van der Waals surface area contributed by atoms with Crippen molar-refractivity contribution in [3.63, 3.8) is 0 Å². The van der Waals surface area contributed by atoms with Gasteiger partial charge >= 0.3 is 0 Å². The van der Waals surface area contributed by atoms with Crippen LogP contribution in [-0.4, -0.2) is 23.7 Å². The Morgan fingerprint density at radius 1 is 1.27 bits per heavy atom. The van der Waals surface area contributed by atoms with Crippen molar-refractivity contribution in [1.82, 2.24) is 0 Å². The van der Waals surface area contributed by atoms with Gasteiger partial charge in [-0.3, -0.25) is 10.1 Å².